The van der Waals surface area contributed by atoms with Gasteiger partial charge in [-0.1, -0.05) is 13.0 Å². The number of amides is 1. The first-order chi connectivity index (χ1) is 8.97. The fourth-order valence-electron chi connectivity index (χ4n) is 1.69. The normalized spacial score (nSPS) is 11.8. The van der Waals surface area contributed by atoms with Crippen molar-refractivity contribution in [2.24, 2.45) is 0 Å². The highest BCUT2D eigenvalue weighted by Crippen LogP contribution is 2.16. The molecule has 104 valence electrons. The number of hydrogen-bond acceptors (Lipinski definition) is 4. The Hall–Kier alpha value is -1.89. The summed E-state index contributed by atoms with van der Waals surface area (Å²) in [5.74, 6) is -2.63. The summed E-state index contributed by atoms with van der Waals surface area (Å²) >= 11 is 1.20. The van der Waals surface area contributed by atoms with Crippen molar-refractivity contribution in [2.45, 2.75) is 25.8 Å². The van der Waals surface area contributed by atoms with Gasteiger partial charge in [0, 0.05) is 6.54 Å². The van der Waals surface area contributed by atoms with Gasteiger partial charge in [-0.3, -0.25) is 9.59 Å². The summed E-state index contributed by atoms with van der Waals surface area (Å²) in [7, 11) is 0. The first-order valence-electron chi connectivity index (χ1n) is 5.76. The lowest BCUT2D eigenvalue weighted by Crippen LogP contribution is -2.45. The highest BCUT2D eigenvalue weighted by atomic mass is 32.1. The van der Waals surface area contributed by atoms with Crippen LogP contribution in [-0.2, 0) is 9.59 Å². The highest BCUT2D eigenvalue weighted by Gasteiger charge is 2.29. The molecule has 0 aliphatic carbocycles. The van der Waals surface area contributed by atoms with Crippen LogP contribution < -0.4 is 0 Å². The van der Waals surface area contributed by atoms with Crippen LogP contribution in [0.25, 0.3) is 0 Å². The van der Waals surface area contributed by atoms with Gasteiger partial charge >= 0.3 is 11.9 Å². The third-order valence-corrected chi connectivity index (χ3v) is 3.47. The molecule has 1 rings (SSSR count). The van der Waals surface area contributed by atoms with Gasteiger partial charge in [0.25, 0.3) is 5.91 Å². The van der Waals surface area contributed by atoms with Gasteiger partial charge in [0.2, 0.25) is 0 Å². The van der Waals surface area contributed by atoms with Gasteiger partial charge < -0.3 is 15.1 Å². The first-order valence-corrected chi connectivity index (χ1v) is 6.64. The molecular formula is C12H15NO5S. The molecule has 0 radical (unpaired) electrons. The van der Waals surface area contributed by atoms with Crippen molar-refractivity contribution in [2.75, 3.05) is 6.54 Å². The standard InChI is InChI=1S/C12H15NO5S/c1-2-8(12(17)18)13(6-5-10(14)15)11(16)9-4-3-7-19-9/h3-4,7-8H,2,5-6H2,1H3,(H,14,15)(H,17,18). The van der Waals surface area contributed by atoms with Crippen LogP contribution >= 0.6 is 11.3 Å². The number of carbonyl (C=O) groups excluding carboxylic acids is 1. The Kier molecular flexibility index (Phi) is 5.50. The number of nitrogens with zero attached hydrogens (tertiary/aromatic N) is 1. The molecule has 0 spiro atoms. The molecule has 6 nitrogen and oxygen atoms in total. The SMILES string of the molecule is CCC(C(=O)O)N(CCC(=O)O)C(=O)c1cccs1. The van der Waals surface area contributed by atoms with E-state index in [0.29, 0.717) is 4.88 Å². The van der Waals surface area contributed by atoms with E-state index in [-0.39, 0.29) is 19.4 Å². The van der Waals surface area contributed by atoms with Gasteiger partial charge in [-0.05, 0) is 17.9 Å². The van der Waals surface area contributed by atoms with E-state index >= 15 is 0 Å². The predicted octanol–water partition coefficient (Wildman–Crippen LogP) is 1.53. The minimum atomic E-state index is -1.13. The molecule has 1 heterocycles. The summed E-state index contributed by atoms with van der Waals surface area (Å²) in [5.41, 5.74) is 0. The van der Waals surface area contributed by atoms with E-state index in [4.69, 9.17) is 10.2 Å². The minimum Gasteiger partial charge on any atom is -0.481 e. The molecule has 1 aromatic heterocycles. The van der Waals surface area contributed by atoms with Gasteiger partial charge in [0.15, 0.2) is 0 Å². The largest absolute Gasteiger partial charge is 0.481 e. The number of carboxylic acid groups (broad SMARTS) is 2. The van der Waals surface area contributed by atoms with Crippen LogP contribution in [0.4, 0.5) is 0 Å². The maximum Gasteiger partial charge on any atom is 0.326 e. The van der Waals surface area contributed by atoms with Crippen LogP contribution in [0.1, 0.15) is 29.4 Å². The number of hydrogen-bond donors (Lipinski definition) is 2. The summed E-state index contributed by atoms with van der Waals surface area (Å²) in [4.78, 5) is 35.5. The second kappa shape index (κ2) is 6.89. The summed E-state index contributed by atoms with van der Waals surface area (Å²) < 4.78 is 0. The lowest BCUT2D eigenvalue weighted by Gasteiger charge is -2.27. The zero-order chi connectivity index (χ0) is 14.4. The van der Waals surface area contributed by atoms with Crippen molar-refractivity contribution in [3.8, 4) is 0 Å². The van der Waals surface area contributed by atoms with Crippen molar-refractivity contribution < 1.29 is 24.6 Å². The summed E-state index contributed by atoms with van der Waals surface area (Å²) in [6.07, 6.45) is -0.0486. The van der Waals surface area contributed by atoms with Crippen molar-refractivity contribution in [3.63, 3.8) is 0 Å². The van der Waals surface area contributed by atoms with Crippen LogP contribution in [-0.4, -0.2) is 45.5 Å². The van der Waals surface area contributed by atoms with Gasteiger partial charge in [0.1, 0.15) is 6.04 Å². The Morgan fingerprint density at radius 2 is 2.05 bits per heavy atom. The quantitative estimate of drug-likeness (QED) is 0.792. The molecule has 0 aliphatic rings. The van der Waals surface area contributed by atoms with Crippen LogP contribution in [0.2, 0.25) is 0 Å². The van der Waals surface area contributed by atoms with Crippen LogP contribution in [0.5, 0.6) is 0 Å². The summed E-state index contributed by atoms with van der Waals surface area (Å²) in [6, 6.07) is 2.28. The smallest absolute Gasteiger partial charge is 0.326 e. The predicted molar refractivity (Wildman–Crippen MR) is 69.3 cm³/mol. The highest BCUT2D eigenvalue weighted by molar-refractivity contribution is 7.12. The number of rotatable bonds is 7. The summed E-state index contributed by atoms with van der Waals surface area (Å²) in [6.45, 7) is 1.53. The first kappa shape index (κ1) is 15.2. The van der Waals surface area contributed by atoms with Crippen molar-refractivity contribution >= 4 is 29.2 Å². The molecule has 1 amide bonds. The number of carbonyl (C=O) groups is 3. The van der Waals surface area contributed by atoms with E-state index in [9.17, 15) is 14.4 Å². The Labute approximate surface area is 114 Å². The van der Waals surface area contributed by atoms with Gasteiger partial charge in [-0.25, -0.2) is 4.79 Å². The fraction of sp³-hybridized carbons (Fsp3) is 0.417. The average Bonchev–Trinajstić information content (AvgIpc) is 2.86. The number of carboxylic acids is 2. The molecule has 0 aliphatic heterocycles. The molecule has 2 N–H and O–H groups in total. The topological polar surface area (TPSA) is 94.9 Å². The van der Waals surface area contributed by atoms with E-state index < -0.39 is 23.9 Å². The molecule has 0 saturated carbocycles. The molecular weight excluding hydrogens is 270 g/mol. The Morgan fingerprint density at radius 1 is 1.37 bits per heavy atom. The molecule has 0 bridgehead atoms. The third kappa shape index (κ3) is 4.06. The monoisotopic (exact) mass is 285 g/mol. The fourth-order valence-corrected chi connectivity index (χ4v) is 2.36. The number of thiophene rings is 1. The molecule has 1 atom stereocenters. The van der Waals surface area contributed by atoms with Gasteiger partial charge in [0.05, 0.1) is 11.3 Å². The van der Waals surface area contributed by atoms with Crippen molar-refractivity contribution in [3.05, 3.63) is 22.4 Å². The van der Waals surface area contributed by atoms with Crippen molar-refractivity contribution in [1.29, 1.82) is 0 Å². The molecule has 1 aromatic rings. The molecule has 7 heteroatoms. The zero-order valence-electron chi connectivity index (χ0n) is 10.4. The van der Waals surface area contributed by atoms with Gasteiger partial charge in [-0.2, -0.15) is 0 Å². The van der Waals surface area contributed by atoms with E-state index in [2.05, 4.69) is 0 Å². The third-order valence-electron chi connectivity index (χ3n) is 2.61. The van der Waals surface area contributed by atoms with E-state index in [1.165, 1.54) is 11.3 Å². The average molecular weight is 285 g/mol. The second-order valence-corrected chi connectivity index (χ2v) is 4.83. The Bertz CT molecular complexity index is 457. The molecule has 19 heavy (non-hydrogen) atoms. The Balaban J connectivity index is 2.93. The second-order valence-electron chi connectivity index (χ2n) is 3.88. The molecule has 1 unspecified atom stereocenters. The van der Waals surface area contributed by atoms with Crippen LogP contribution in [0, 0.1) is 0 Å². The van der Waals surface area contributed by atoms with Crippen LogP contribution in [0.15, 0.2) is 17.5 Å². The zero-order valence-corrected chi connectivity index (χ0v) is 11.2. The van der Waals surface area contributed by atoms with E-state index in [1.54, 1.807) is 24.4 Å². The molecule has 0 aromatic carbocycles. The van der Waals surface area contributed by atoms with E-state index in [0.717, 1.165) is 4.90 Å². The van der Waals surface area contributed by atoms with Crippen LogP contribution in [0.3, 0.4) is 0 Å². The van der Waals surface area contributed by atoms with E-state index in [1.807, 2.05) is 0 Å². The minimum absolute atomic E-state index is 0.114. The van der Waals surface area contributed by atoms with Gasteiger partial charge in [-0.15, -0.1) is 11.3 Å². The number of aliphatic carboxylic acids is 2. The summed E-state index contributed by atoms with van der Waals surface area (Å²) in [5, 5.41) is 19.5. The Morgan fingerprint density at radius 3 is 2.47 bits per heavy atom. The maximum absolute atomic E-state index is 12.2. The van der Waals surface area contributed by atoms with Crippen molar-refractivity contribution in [1.82, 2.24) is 4.90 Å². The molecule has 0 fully saturated rings. The lowest BCUT2D eigenvalue weighted by molar-refractivity contribution is -0.144. The lowest BCUT2D eigenvalue weighted by atomic mass is 10.1. The molecule has 0 saturated heterocycles. The maximum atomic E-state index is 12.2.